The predicted molar refractivity (Wildman–Crippen MR) is 111 cm³/mol. The summed E-state index contributed by atoms with van der Waals surface area (Å²) in [7, 11) is 0. The molecule has 0 heterocycles. The van der Waals surface area contributed by atoms with Crippen LogP contribution in [0.2, 0.25) is 0 Å². The average Bonchev–Trinajstić information content (AvgIpc) is 2.92. The van der Waals surface area contributed by atoms with Crippen molar-refractivity contribution in [1.82, 2.24) is 0 Å². The van der Waals surface area contributed by atoms with Crippen LogP contribution >= 0.6 is 0 Å². The van der Waals surface area contributed by atoms with Crippen LogP contribution in [0.1, 0.15) is 19.3 Å². The molecular formula is C22H12F26O4. The van der Waals surface area contributed by atoms with Gasteiger partial charge in [0.2, 0.25) is 0 Å². The summed E-state index contributed by atoms with van der Waals surface area (Å²) in [5, 5.41) is 8.42. The molecule has 0 atom stereocenters. The minimum absolute atomic E-state index is 0.0753. The minimum Gasteiger partial charge on any atom is -0.478 e. The molecule has 0 aromatic rings. The number of rotatable bonds is 17. The van der Waals surface area contributed by atoms with Crippen molar-refractivity contribution in [2.24, 2.45) is 0 Å². The molecule has 0 saturated heterocycles. The summed E-state index contributed by atoms with van der Waals surface area (Å²) in [6.07, 6.45) is -25.2. The Morgan fingerprint density at radius 2 is 0.769 bits per heavy atom. The van der Waals surface area contributed by atoms with Gasteiger partial charge in [0.15, 0.2) is 0 Å². The summed E-state index contributed by atoms with van der Waals surface area (Å²) in [5.41, 5.74) is -1.99. The van der Waals surface area contributed by atoms with E-state index in [1.807, 2.05) is 0 Å². The van der Waals surface area contributed by atoms with E-state index in [9.17, 15) is 124 Å². The van der Waals surface area contributed by atoms with Crippen LogP contribution < -0.4 is 0 Å². The number of allylic oxidation sites excluding steroid dienone is 2. The van der Waals surface area contributed by atoms with E-state index in [0.29, 0.717) is 0 Å². The zero-order valence-electron chi connectivity index (χ0n) is 23.6. The van der Waals surface area contributed by atoms with Crippen LogP contribution in [0.3, 0.4) is 0 Å². The first kappa shape index (κ1) is 48.6. The molecule has 30 heteroatoms. The number of ether oxygens (including phenoxy) is 1. The standard InChI is InChI=1S/C22H12F26O4/c23-11(24,13(27,28)15(31,32)17(35,36)19(39,40)21(43,44)45)5-4-8(2-1-3-9(49)50)10(51)52-7-6-12(25,26)14(29,30)16(33,34)18(37,38)20(41,42)22(46,47)48/h1-3H,4-7H2,(H,49,50). The molecule has 0 unspecified atom stereocenters. The van der Waals surface area contributed by atoms with Crippen LogP contribution in [0.15, 0.2) is 23.8 Å². The molecule has 0 aliphatic heterocycles. The second kappa shape index (κ2) is 14.1. The summed E-state index contributed by atoms with van der Waals surface area (Å²) in [6, 6.07) is 0. The zero-order valence-corrected chi connectivity index (χ0v) is 23.6. The number of carboxylic acids is 1. The van der Waals surface area contributed by atoms with Gasteiger partial charge in [0.25, 0.3) is 0 Å². The number of hydrogen-bond acceptors (Lipinski definition) is 3. The van der Waals surface area contributed by atoms with Crippen molar-refractivity contribution in [3.05, 3.63) is 23.8 Å². The Morgan fingerprint density at radius 1 is 0.462 bits per heavy atom. The van der Waals surface area contributed by atoms with Crippen molar-refractivity contribution in [2.75, 3.05) is 6.61 Å². The number of carbonyl (C=O) groups is 2. The number of esters is 1. The topological polar surface area (TPSA) is 63.6 Å². The lowest BCUT2D eigenvalue weighted by molar-refractivity contribution is -0.440. The summed E-state index contributed by atoms with van der Waals surface area (Å²) < 4.78 is 347. The highest BCUT2D eigenvalue weighted by atomic mass is 19.4. The number of alkyl halides is 26. The first-order valence-corrected chi connectivity index (χ1v) is 12.1. The first-order chi connectivity index (χ1) is 22.4. The molecule has 0 bridgehead atoms. The van der Waals surface area contributed by atoms with Gasteiger partial charge in [0.1, 0.15) is 0 Å². The highest BCUT2D eigenvalue weighted by molar-refractivity contribution is 5.89. The molecule has 0 radical (unpaired) electrons. The van der Waals surface area contributed by atoms with Crippen molar-refractivity contribution in [3.63, 3.8) is 0 Å². The maximum atomic E-state index is 14.1. The zero-order chi connectivity index (χ0) is 42.4. The van der Waals surface area contributed by atoms with Crippen molar-refractivity contribution >= 4 is 11.9 Å². The normalized spacial score (nSPS) is 16.1. The fraction of sp³-hybridized carbons (Fsp3) is 0.727. The Labute approximate surface area is 268 Å². The van der Waals surface area contributed by atoms with Gasteiger partial charge in [-0.15, -0.1) is 0 Å². The highest BCUT2D eigenvalue weighted by Crippen LogP contribution is 2.62. The molecule has 0 fully saturated rings. The monoisotopic (exact) mass is 834 g/mol. The quantitative estimate of drug-likeness (QED) is 0.0687. The van der Waals surface area contributed by atoms with E-state index in [0.717, 1.165) is 0 Å². The van der Waals surface area contributed by atoms with Gasteiger partial charge in [-0.2, -0.15) is 114 Å². The summed E-state index contributed by atoms with van der Waals surface area (Å²) in [6.45, 7) is -2.66. The Kier molecular flexibility index (Phi) is 13.2. The van der Waals surface area contributed by atoms with E-state index in [4.69, 9.17) is 5.11 Å². The van der Waals surface area contributed by atoms with E-state index < -0.39 is 115 Å². The average molecular weight is 834 g/mol. The van der Waals surface area contributed by atoms with Crippen molar-refractivity contribution in [1.29, 1.82) is 0 Å². The molecule has 306 valence electrons. The van der Waals surface area contributed by atoms with Crippen LogP contribution in [0, 0.1) is 0 Å². The Morgan fingerprint density at radius 3 is 1.08 bits per heavy atom. The summed E-state index contributed by atoms with van der Waals surface area (Å²) in [5.74, 6) is -84.3. The second-order valence-electron chi connectivity index (χ2n) is 9.77. The Hall–Kier alpha value is -3.40. The van der Waals surface area contributed by atoms with E-state index in [1.54, 1.807) is 0 Å². The fourth-order valence-corrected chi connectivity index (χ4v) is 3.07. The van der Waals surface area contributed by atoms with E-state index >= 15 is 0 Å². The molecule has 0 aromatic carbocycles. The van der Waals surface area contributed by atoms with Gasteiger partial charge < -0.3 is 9.84 Å². The highest BCUT2D eigenvalue weighted by Gasteiger charge is 2.92. The van der Waals surface area contributed by atoms with Gasteiger partial charge >= 0.3 is 83.5 Å². The van der Waals surface area contributed by atoms with Gasteiger partial charge in [-0.05, 0) is 6.42 Å². The minimum atomic E-state index is -8.39. The molecular weight excluding hydrogens is 822 g/mol. The van der Waals surface area contributed by atoms with Crippen LogP contribution in [-0.4, -0.2) is 95.2 Å². The molecule has 0 spiro atoms. The lowest BCUT2D eigenvalue weighted by Crippen LogP contribution is -2.70. The lowest BCUT2D eigenvalue weighted by Gasteiger charge is -2.39. The Bertz CT molecular complexity index is 1350. The Balaban J connectivity index is 6.44. The maximum absolute atomic E-state index is 14.1. The molecule has 0 aliphatic rings. The van der Waals surface area contributed by atoms with Crippen LogP contribution in [-0.2, 0) is 14.3 Å². The van der Waals surface area contributed by atoms with Gasteiger partial charge in [-0.25, -0.2) is 9.59 Å². The van der Waals surface area contributed by atoms with Crippen molar-refractivity contribution < 1.29 is 134 Å². The van der Waals surface area contributed by atoms with Crippen LogP contribution in [0.4, 0.5) is 114 Å². The lowest BCUT2D eigenvalue weighted by atomic mass is 9.91. The molecule has 0 aromatic heterocycles. The molecule has 4 nitrogen and oxygen atoms in total. The van der Waals surface area contributed by atoms with E-state index in [1.165, 1.54) is 0 Å². The van der Waals surface area contributed by atoms with Gasteiger partial charge in [-0.1, -0.05) is 12.2 Å². The third kappa shape index (κ3) is 8.07. The molecule has 52 heavy (non-hydrogen) atoms. The summed E-state index contributed by atoms with van der Waals surface area (Å²) >= 11 is 0. The van der Waals surface area contributed by atoms with Crippen LogP contribution in [0.25, 0.3) is 0 Å². The third-order valence-corrected chi connectivity index (χ3v) is 6.15. The number of carbonyl (C=O) groups excluding carboxylic acids is 1. The number of carboxylic acid groups (broad SMARTS) is 1. The molecule has 0 rings (SSSR count). The summed E-state index contributed by atoms with van der Waals surface area (Å²) in [4.78, 5) is 22.5. The fourth-order valence-electron chi connectivity index (χ4n) is 3.07. The third-order valence-electron chi connectivity index (χ3n) is 6.15. The predicted octanol–water partition coefficient (Wildman–Crippen LogP) is 9.74. The van der Waals surface area contributed by atoms with E-state index in [-0.39, 0.29) is 18.2 Å². The second-order valence-corrected chi connectivity index (χ2v) is 9.77. The van der Waals surface area contributed by atoms with E-state index in [2.05, 4.69) is 4.74 Å². The maximum Gasteiger partial charge on any atom is 0.460 e. The smallest absolute Gasteiger partial charge is 0.460 e. The van der Waals surface area contributed by atoms with Gasteiger partial charge in [-0.3, -0.25) is 0 Å². The number of hydrogen-bond donors (Lipinski definition) is 1. The van der Waals surface area contributed by atoms with Gasteiger partial charge in [0, 0.05) is 18.1 Å². The number of halogens is 26. The van der Waals surface area contributed by atoms with Crippen LogP contribution in [0.5, 0.6) is 0 Å². The SMILES string of the molecule is O=C(O)C=CC=C(CCC(F)(F)C(F)(F)C(F)(F)C(F)(F)C(F)(F)C(F)(F)F)C(=O)OCCC(F)(F)C(F)(F)C(F)(F)C(F)(F)C(F)(F)C(F)(F)F. The largest absolute Gasteiger partial charge is 0.478 e. The molecule has 0 saturated carbocycles. The van der Waals surface area contributed by atoms with Crippen molar-refractivity contribution in [3.8, 4) is 0 Å². The first-order valence-electron chi connectivity index (χ1n) is 12.1. The van der Waals surface area contributed by atoms with Gasteiger partial charge in [0.05, 0.1) is 13.0 Å². The molecule has 0 amide bonds. The number of aliphatic carboxylic acids is 1. The molecule has 1 N–H and O–H groups in total. The van der Waals surface area contributed by atoms with Crippen molar-refractivity contribution in [2.45, 2.75) is 90.8 Å². The molecule has 0 aliphatic carbocycles.